The lowest BCUT2D eigenvalue weighted by Crippen LogP contribution is -2.37. The van der Waals surface area contributed by atoms with Crippen molar-refractivity contribution in [2.45, 2.75) is 0 Å². The molecule has 25 heavy (non-hydrogen) atoms. The summed E-state index contributed by atoms with van der Waals surface area (Å²) in [4.78, 5) is 23.4. The van der Waals surface area contributed by atoms with Crippen LogP contribution >= 0.6 is 23.2 Å². The van der Waals surface area contributed by atoms with Crippen LogP contribution in [0.2, 0.25) is 10.0 Å². The van der Waals surface area contributed by atoms with Crippen molar-refractivity contribution in [2.75, 3.05) is 11.9 Å². The Morgan fingerprint density at radius 1 is 1.12 bits per heavy atom. The molecule has 0 aliphatic carbocycles. The van der Waals surface area contributed by atoms with E-state index in [1.54, 1.807) is 36.4 Å². The molecule has 0 radical (unpaired) electrons. The van der Waals surface area contributed by atoms with Crippen LogP contribution in [0.4, 0.5) is 10.5 Å². The van der Waals surface area contributed by atoms with Crippen molar-refractivity contribution in [3.63, 3.8) is 0 Å². The fourth-order valence-electron chi connectivity index (χ4n) is 1.74. The number of hydrogen-bond acceptors (Lipinski definition) is 4. The summed E-state index contributed by atoms with van der Waals surface area (Å²) in [7, 11) is 0. The van der Waals surface area contributed by atoms with Crippen LogP contribution in [-0.4, -0.2) is 29.8 Å². The van der Waals surface area contributed by atoms with Gasteiger partial charge in [-0.2, -0.15) is 5.10 Å². The molecule has 0 bridgehead atoms. The molecular formula is C16H14Cl2N4O3. The van der Waals surface area contributed by atoms with Crippen LogP contribution in [0.3, 0.4) is 0 Å². The van der Waals surface area contributed by atoms with Crippen LogP contribution in [0.5, 0.6) is 5.75 Å². The molecule has 3 amide bonds. The molecule has 0 saturated heterocycles. The Morgan fingerprint density at radius 2 is 1.88 bits per heavy atom. The molecule has 0 fully saturated rings. The van der Waals surface area contributed by atoms with E-state index in [1.807, 2.05) is 0 Å². The average Bonchev–Trinajstić information content (AvgIpc) is 2.59. The van der Waals surface area contributed by atoms with Gasteiger partial charge in [-0.05, 0) is 24.3 Å². The molecular weight excluding hydrogens is 367 g/mol. The second kappa shape index (κ2) is 8.91. The standard InChI is InChI=1S/C16H14Cl2N4O3/c17-11-5-3-6-12(15(11)18)21-16(25)19-9-14(24)22-20-8-10-4-1-2-7-13(10)23/h1-8,23H,9H2,(H,22,24)(H2,19,21,25). The smallest absolute Gasteiger partial charge is 0.319 e. The zero-order valence-electron chi connectivity index (χ0n) is 12.8. The van der Waals surface area contributed by atoms with Crippen molar-refractivity contribution in [1.82, 2.24) is 10.7 Å². The second-order valence-corrected chi connectivity index (χ2v) is 5.55. The zero-order chi connectivity index (χ0) is 18.2. The first kappa shape index (κ1) is 18.6. The molecule has 0 unspecified atom stereocenters. The molecule has 7 nitrogen and oxygen atoms in total. The molecule has 130 valence electrons. The SMILES string of the molecule is O=C(CNC(=O)Nc1cccc(Cl)c1Cl)NN=Cc1ccccc1O. The maximum Gasteiger partial charge on any atom is 0.319 e. The van der Waals surface area contributed by atoms with Crippen LogP contribution in [0, 0.1) is 0 Å². The predicted molar refractivity (Wildman–Crippen MR) is 97.3 cm³/mol. The van der Waals surface area contributed by atoms with Crippen LogP contribution < -0.4 is 16.1 Å². The lowest BCUT2D eigenvalue weighted by Gasteiger charge is -2.09. The number of phenols is 1. The van der Waals surface area contributed by atoms with Crippen LogP contribution in [0.15, 0.2) is 47.6 Å². The summed E-state index contributed by atoms with van der Waals surface area (Å²) in [5, 5.41) is 18.6. The quantitative estimate of drug-likeness (QED) is 0.473. The van der Waals surface area contributed by atoms with E-state index in [1.165, 1.54) is 12.3 Å². The number of anilines is 1. The van der Waals surface area contributed by atoms with Gasteiger partial charge in [0.15, 0.2) is 0 Å². The van der Waals surface area contributed by atoms with Gasteiger partial charge >= 0.3 is 6.03 Å². The van der Waals surface area contributed by atoms with Gasteiger partial charge in [-0.15, -0.1) is 0 Å². The number of halogens is 2. The number of nitrogens with zero attached hydrogens (tertiary/aromatic N) is 1. The minimum atomic E-state index is -0.621. The molecule has 9 heteroatoms. The molecule has 0 aliphatic heterocycles. The number of carbonyl (C=O) groups excluding carboxylic acids is 2. The van der Waals surface area contributed by atoms with Crippen molar-refractivity contribution in [3.8, 4) is 5.75 Å². The Bertz CT molecular complexity index is 812. The molecule has 2 aromatic rings. The highest BCUT2D eigenvalue weighted by Gasteiger charge is 2.09. The highest BCUT2D eigenvalue weighted by atomic mass is 35.5. The molecule has 0 aromatic heterocycles. The third-order valence-corrected chi connectivity index (χ3v) is 3.76. The molecule has 0 atom stereocenters. The van der Waals surface area contributed by atoms with Gasteiger partial charge in [0.2, 0.25) is 0 Å². The summed E-state index contributed by atoms with van der Waals surface area (Å²) in [6.45, 7) is -0.303. The van der Waals surface area contributed by atoms with E-state index in [9.17, 15) is 14.7 Å². The molecule has 4 N–H and O–H groups in total. The van der Waals surface area contributed by atoms with Crippen molar-refractivity contribution >= 4 is 47.0 Å². The molecule has 0 heterocycles. The fourth-order valence-corrected chi connectivity index (χ4v) is 2.09. The third kappa shape index (κ3) is 5.66. The van der Waals surface area contributed by atoms with Gasteiger partial charge < -0.3 is 15.7 Å². The van der Waals surface area contributed by atoms with Crippen molar-refractivity contribution in [3.05, 3.63) is 58.1 Å². The number of rotatable bonds is 5. The number of urea groups is 1. The summed E-state index contributed by atoms with van der Waals surface area (Å²) in [5.41, 5.74) is 3.00. The van der Waals surface area contributed by atoms with Gasteiger partial charge in [-0.3, -0.25) is 4.79 Å². The summed E-state index contributed by atoms with van der Waals surface area (Å²) in [6.07, 6.45) is 1.29. The largest absolute Gasteiger partial charge is 0.507 e. The lowest BCUT2D eigenvalue weighted by atomic mass is 10.2. The lowest BCUT2D eigenvalue weighted by molar-refractivity contribution is -0.120. The van der Waals surface area contributed by atoms with Crippen molar-refractivity contribution in [2.24, 2.45) is 5.10 Å². The minimum absolute atomic E-state index is 0.0383. The highest BCUT2D eigenvalue weighted by Crippen LogP contribution is 2.29. The van der Waals surface area contributed by atoms with Gasteiger partial charge in [-0.1, -0.05) is 41.4 Å². The van der Waals surface area contributed by atoms with E-state index in [0.717, 1.165) is 0 Å². The predicted octanol–water partition coefficient (Wildman–Crippen LogP) is 2.97. The third-order valence-electron chi connectivity index (χ3n) is 2.94. The number of amides is 3. The van der Waals surface area contributed by atoms with E-state index in [-0.39, 0.29) is 17.3 Å². The minimum Gasteiger partial charge on any atom is -0.507 e. The van der Waals surface area contributed by atoms with E-state index in [4.69, 9.17) is 23.2 Å². The Balaban J connectivity index is 1.79. The van der Waals surface area contributed by atoms with Crippen LogP contribution in [0.1, 0.15) is 5.56 Å². The van der Waals surface area contributed by atoms with Gasteiger partial charge in [-0.25, -0.2) is 10.2 Å². The molecule has 0 aliphatic rings. The highest BCUT2D eigenvalue weighted by molar-refractivity contribution is 6.43. The van der Waals surface area contributed by atoms with Crippen LogP contribution in [0.25, 0.3) is 0 Å². The summed E-state index contributed by atoms with van der Waals surface area (Å²) in [5.74, 6) is -0.504. The van der Waals surface area contributed by atoms with Gasteiger partial charge in [0, 0.05) is 5.56 Å². The Hall–Kier alpha value is -2.77. The summed E-state index contributed by atoms with van der Waals surface area (Å²) < 4.78 is 0. The maximum atomic E-state index is 11.7. The Labute approximate surface area is 153 Å². The average molecular weight is 381 g/mol. The first-order valence-electron chi connectivity index (χ1n) is 7.06. The monoisotopic (exact) mass is 380 g/mol. The number of carbonyl (C=O) groups is 2. The summed E-state index contributed by atoms with van der Waals surface area (Å²) >= 11 is 11.8. The molecule has 0 spiro atoms. The number of benzene rings is 2. The summed E-state index contributed by atoms with van der Waals surface area (Å²) in [6, 6.07) is 10.7. The van der Waals surface area contributed by atoms with Crippen molar-refractivity contribution < 1.29 is 14.7 Å². The number of hydrazone groups is 1. The number of hydrogen-bond donors (Lipinski definition) is 4. The van der Waals surface area contributed by atoms with E-state index < -0.39 is 11.9 Å². The number of phenolic OH excluding ortho intramolecular Hbond substituents is 1. The number of para-hydroxylation sites is 1. The molecule has 2 rings (SSSR count). The van der Waals surface area contributed by atoms with E-state index in [0.29, 0.717) is 16.3 Å². The first-order chi connectivity index (χ1) is 12.0. The first-order valence-corrected chi connectivity index (χ1v) is 7.81. The topological polar surface area (TPSA) is 103 Å². The van der Waals surface area contributed by atoms with E-state index >= 15 is 0 Å². The van der Waals surface area contributed by atoms with Gasteiger partial charge in [0.1, 0.15) is 12.3 Å². The number of nitrogens with one attached hydrogen (secondary N) is 3. The normalized spacial score (nSPS) is 10.5. The molecule has 0 saturated carbocycles. The molecule has 2 aromatic carbocycles. The second-order valence-electron chi connectivity index (χ2n) is 4.76. The zero-order valence-corrected chi connectivity index (χ0v) is 14.3. The van der Waals surface area contributed by atoms with Gasteiger partial charge in [0.05, 0.1) is 21.9 Å². The number of aromatic hydroxyl groups is 1. The van der Waals surface area contributed by atoms with Crippen molar-refractivity contribution in [1.29, 1.82) is 0 Å². The Morgan fingerprint density at radius 3 is 2.64 bits per heavy atom. The fraction of sp³-hybridized carbons (Fsp3) is 0.0625. The maximum absolute atomic E-state index is 11.7. The Kier molecular flexibility index (Phi) is 6.62. The van der Waals surface area contributed by atoms with E-state index in [2.05, 4.69) is 21.2 Å². The van der Waals surface area contributed by atoms with Crippen LogP contribution in [-0.2, 0) is 4.79 Å². The van der Waals surface area contributed by atoms with Gasteiger partial charge in [0.25, 0.3) is 5.91 Å².